The molecule has 0 aliphatic heterocycles. The van der Waals surface area contributed by atoms with E-state index in [0.717, 1.165) is 22.6 Å². The van der Waals surface area contributed by atoms with Gasteiger partial charge in [0.1, 0.15) is 24.2 Å². The summed E-state index contributed by atoms with van der Waals surface area (Å²) in [5, 5.41) is 10.2. The zero-order chi connectivity index (χ0) is 14.5. The van der Waals surface area contributed by atoms with Crippen LogP contribution in [0.3, 0.4) is 0 Å². The summed E-state index contributed by atoms with van der Waals surface area (Å²) in [6.45, 7) is 4.28. The first-order valence-electron chi connectivity index (χ1n) is 6.63. The van der Waals surface area contributed by atoms with Gasteiger partial charge in [0.2, 0.25) is 0 Å². The second-order valence-corrected chi connectivity index (χ2v) is 4.80. The summed E-state index contributed by atoms with van der Waals surface area (Å²) in [5.41, 5.74) is 3.07. The standard InChI is InChI=1S/C17H20O3/c1-12-6-4-9-17(13(12)2)20-11-16(18)14-7-5-8-15(10-14)19-3/h4-10,16,18H,11H2,1-3H3. The number of hydrogen-bond donors (Lipinski definition) is 1. The predicted octanol–water partition coefficient (Wildman–Crippen LogP) is 3.42. The molecule has 1 atom stereocenters. The first kappa shape index (κ1) is 14.4. The molecule has 2 aromatic rings. The number of aliphatic hydroxyl groups excluding tert-OH is 1. The number of ether oxygens (including phenoxy) is 2. The minimum atomic E-state index is -0.676. The summed E-state index contributed by atoms with van der Waals surface area (Å²) < 4.78 is 10.9. The number of rotatable bonds is 5. The summed E-state index contributed by atoms with van der Waals surface area (Å²) in [6.07, 6.45) is -0.676. The second-order valence-electron chi connectivity index (χ2n) is 4.80. The number of methoxy groups -OCH3 is 1. The van der Waals surface area contributed by atoms with Crippen molar-refractivity contribution < 1.29 is 14.6 Å². The largest absolute Gasteiger partial charge is 0.497 e. The highest BCUT2D eigenvalue weighted by molar-refractivity contribution is 5.38. The van der Waals surface area contributed by atoms with Gasteiger partial charge in [-0.15, -0.1) is 0 Å². The van der Waals surface area contributed by atoms with Crippen LogP contribution >= 0.6 is 0 Å². The van der Waals surface area contributed by atoms with Gasteiger partial charge in [0.15, 0.2) is 0 Å². The Kier molecular flexibility index (Phi) is 4.64. The zero-order valence-corrected chi connectivity index (χ0v) is 12.1. The minimum Gasteiger partial charge on any atom is -0.497 e. The Hall–Kier alpha value is -2.00. The summed E-state index contributed by atoms with van der Waals surface area (Å²) in [4.78, 5) is 0. The van der Waals surface area contributed by atoms with Gasteiger partial charge in [-0.1, -0.05) is 24.3 Å². The maximum Gasteiger partial charge on any atom is 0.122 e. The van der Waals surface area contributed by atoms with E-state index in [9.17, 15) is 5.11 Å². The lowest BCUT2D eigenvalue weighted by molar-refractivity contribution is 0.107. The van der Waals surface area contributed by atoms with E-state index >= 15 is 0 Å². The zero-order valence-electron chi connectivity index (χ0n) is 12.1. The number of aliphatic hydroxyl groups is 1. The molecule has 0 saturated heterocycles. The van der Waals surface area contributed by atoms with Gasteiger partial charge in [0.05, 0.1) is 7.11 Å². The van der Waals surface area contributed by atoms with E-state index in [1.165, 1.54) is 5.56 Å². The summed E-state index contributed by atoms with van der Waals surface area (Å²) in [7, 11) is 1.61. The van der Waals surface area contributed by atoms with Crippen molar-refractivity contribution in [2.24, 2.45) is 0 Å². The van der Waals surface area contributed by atoms with Crippen molar-refractivity contribution in [3.63, 3.8) is 0 Å². The summed E-state index contributed by atoms with van der Waals surface area (Å²) >= 11 is 0. The van der Waals surface area contributed by atoms with Gasteiger partial charge in [-0.25, -0.2) is 0 Å². The molecule has 0 amide bonds. The Morgan fingerprint density at radius 2 is 1.85 bits per heavy atom. The Bertz CT molecular complexity index is 578. The van der Waals surface area contributed by atoms with Crippen LogP contribution < -0.4 is 9.47 Å². The highest BCUT2D eigenvalue weighted by atomic mass is 16.5. The minimum absolute atomic E-state index is 0.220. The van der Waals surface area contributed by atoms with Crippen molar-refractivity contribution in [1.82, 2.24) is 0 Å². The summed E-state index contributed by atoms with van der Waals surface area (Å²) in [5.74, 6) is 1.54. The average Bonchev–Trinajstić information content (AvgIpc) is 2.48. The smallest absolute Gasteiger partial charge is 0.122 e. The van der Waals surface area contributed by atoms with Crippen molar-refractivity contribution in [3.8, 4) is 11.5 Å². The third-order valence-corrected chi connectivity index (χ3v) is 3.43. The van der Waals surface area contributed by atoms with E-state index in [1.54, 1.807) is 7.11 Å². The second kappa shape index (κ2) is 6.44. The number of benzene rings is 2. The van der Waals surface area contributed by atoms with Gasteiger partial charge in [-0.2, -0.15) is 0 Å². The normalized spacial score (nSPS) is 12.0. The van der Waals surface area contributed by atoms with Gasteiger partial charge >= 0.3 is 0 Å². The average molecular weight is 272 g/mol. The highest BCUT2D eigenvalue weighted by Gasteiger charge is 2.10. The predicted molar refractivity (Wildman–Crippen MR) is 79.4 cm³/mol. The molecular formula is C17H20O3. The monoisotopic (exact) mass is 272 g/mol. The van der Waals surface area contributed by atoms with E-state index in [2.05, 4.69) is 0 Å². The van der Waals surface area contributed by atoms with Gasteiger partial charge < -0.3 is 14.6 Å². The lowest BCUT2D eigenvalue weighted by atomic mass is 10.1. The Labute approximate surface area is 119 Å². The highest BCUT2D eigenvalue weighted by Crippen LogP contribution is 2.23. The van der Waals surface area contributed by atoms with Crippen LogP contribution in [0.1, 0.15) is 22.8 Å². The van der Waals surface area contributed by atoms with Crippen molar-refractivity contribution in [3.05, 3.63) is 59.2 Å². The van der Waals surface area contributed by atoms with Crippen LogP contribution in [0.5, 0.6) is 11.5 Å². The lowest BCUT2D eigenvalue weighted by Crippen LogP contribution is -2.10. The van der Waals surface area contributed by atoms with Crippen molar-refractivity contribution in [2.75, 3.05) is 13.7 Å². The molecule has 0 aromatic heterocycles. The lowest BCUT2D eigenvalue weighted by Gasteiger charge is -2.15. The van der Waals surface area contributed by atoms with E-state index in [4.69, 9.17) is 9.47 Å². The van der Waals surface area contributed by atoms with Crippen LogP contribution in [0, 0.1) is 13.8 Å². The molecule has 0 fully saturated rings. The third kappa shape index (κ3) is 3.31. The van der Waals surface area contributed by atoms with Crippen LogP contribution in [0.25, 0.3) is 0 Å². The van der Waals surface area contributed by atoms with Crippen molar-refractivity contribution in [1.29, 1.82) is 0 Å². The first-order chi connectivity index (χ1) is 9.61. The molecule has 0 radical (unpaired) electrons. The Balaban J connectivity index is 2.04. The number of aryl methyl sites for hydroxylation is 1. The molecule has 1 unspecified atom stereocenters. The van der Waals surface area contributed by atoms with E-state index in [1.807, 2.05) is 56.3 Å². The maximum atomic E-state index is 10.2. The van der Waals surface area contributed by atoms with Crippen LogP contribution in [0.15, 0.2) is 42.5 Å². The van der Waals surface area contributed by atoms with Gasteiger partial charge in [-0.05, 0) is 48.7 Å². The van der Waals surface area contributed by atoms with Crippen molar-refractivity contribution in [2.45, 2.75) is 20.0 Å². The molecular weight excluding hydrogens is 252 g/mol. The molecule has 0 spiro atoms. The van der Waals surface area contributed by atoms with E-state index in [0.29, 0.717) is 0 Å². The quantitative estimate of drug-likeness (QED) is 0.906. The fraction of sp³-hybridized carbons (Fsp3) is 0.294. The molecule has 3 nitrogen and oxygen atoms in total. The van der Waals surface area contributed by atoms with Gasteiger partial charge in [0, 0.05) is 0 Å². The molecule has 0 aliphatic rings. The fourth-order valence-corrected chi connectivity index (χ4v) is 1.99. The van der Waals surface area contributed by atoms with Crippen LogP contribution in [0.2, 0.25) is 0 Å². The molecule has 20 heavy (non-hydrogen) atoms. The van der Waals surface area contributed by atoms with Gasteiger partial charge in [-0.3, -0.25) is 0 Å². The Morgan fingerprint density at radius 1 is 1.10 bits per heavy atom. The third-order valence-electron chi connectivity index (χ3n) is 3.43. The molecule has 2 rings (SSSR count). The number of hydrogen-bond acceptors (Lipinski definition) is 3. The van der Waals surface area contributed by atoms with Crippen LogP contribution in [-0.4, -0.2) is 18.8 Å². The van der Waals surface area contributed by atoms with E-state index < -0.39 is 6.10 Å². The molecule has 106 valence electrons. The summed E-state index contributed by atoms with van der Waals surface area (Å²) in [6, 6.07) is 13.3. The molecule has 3 heteroatoms. The molecule has 0 aliphatic carbocycles. The molecule has 1 N–H and O–H groups in total. The molecule has 0 saturated carbocycles. The first-order valence-corrected chi connectivity index (χ1v) is 6.63. The van der Waals surface area contributed by atoms with Crippen LogP contribution in [-0.2, 0) is 0 Å². The molecule has 0 heterocycles. The molecule has 2 aromatic carbocycles. The molecule has 0 bridgehead atoms. The van der Waals surface area contributed by atoms with Crippen molar-refractivity contribution >= 4 is 0 Å². The topological polar surface area (TPSA) is 38.7 Å². The maximum absolute atomic E-state index is 10.2. The SMILES string of the molecule is COc1cccc(C(O)COc2cccc(C)c2C)c1. The van der Waals surface area contributed by atoms with Gasteiger partial charge in [0.25, 0.3) is 0 Å². The van der Waals surface area contributed by atoms with Crippen LogP contribution in [0.4, 0.5) is 0 Å². The Morgan fingerprint density at radius 3 is 2.60 bits per heavy atom. The van der Waals surface area contributed by atoms with E-state index in [-0.39, 0.29) is 6.61 Å². The fourth-order valence-electron chi connectivity index (χ4n) is 1.99.